The Kier molecular flexibility index (Phi) is 5.27. The summed E-state index contributed by atoms with van der Waals surface area (Å²) in [5.74, 6) is -0.465. The molecule has 0 bridgehead atoms. The number of aliphatic hydroxyl groups is 1. The van der Waals surface area contributed by atoms with Gasteiger partial charge in [0.2, 0.25) is 0 Å². The molecule has 2 unspecified atom stereocenters. The minimum Gasteiger partial charge on any atom is -0.393 e. The Morgan fingerprint density at radius 1 is 1.41 bits per heavy atom. The van der Waals surface area contributed by atoms with Gasteiger partial charge in [-0.1, -0.05) is 13.0 Å². The molecule has 0 radical (unpaired) electrons. The van der Waals surface area contributed by atoms with Crippen LogP contribution in [0.3, 0.4) is 0 Å². The van der Waals surface area contributed by atoms with E-state index in [-0.39, 0.29) is 29.4 Å². The average Bonchev–Trinajstić information content (AvgIpc) is 2.94. The second-order valence-electron chi connectivity index (χ2n) is 5.53. The van der Waals surface area contributed by atoms with E-state index < -0.39 is 0 Å². The molecule has 1 amide bonds. The molecule has 2 rings (SSSR count). The molecule has 1 heterocycles. The molecule has 0 saturated carbocycles. The zero-order valence-electron chi connectivity index (χ0n) is 12.7. The highest BCUT2D eigenvalue weighted by Gasteiger charge is 2.12. The molecule has 0 aliphatic heterocycles. The summed E-state index contributed by atoms with van der Waals surface area (Å²) in [6, 6.07) is 7.58. The fraction of sp³-hybridized carbons (Fsp3) is 0.375. The molecule has 0 fully saturated rings. The Morgan fingerprint density at radius 3 is 2.86 bits per heavy atom. The van der Waals surface area contributed by atoms with Crippen LogP contribution in [0.5, 0.6) is 0 Å². The summed E-state index contributed by atoms with van der Waals surface area (Å²) in [6.45, 7) is 4.15. The van der Waals surface area contributed by atoms with E-state index in [1.54, 1.807) is 31.3 Å². The predicted molar refractivity (Wildman–Crippen MR) is 81.3 cm³/mol. The van der Waals surface area contributed by atoms with E-state index >= 15 is 0 Å². The average molecular weight is 305 g/mol. The molecule has 2 aromatic rings. The Hall–Kier alpha value is -2.21. The van der Waals surface area contributed by atoms with Crippen molar-refractivity contribution in [3.05, 3.63) is 48.0 Å². The Bertz CT molecular complexity index is 640. The minimum absolute atomic E-state index is 0.175. The van der Waals surface area contributed by atoms with Gasteiger partial charge in [-0.15, -0.1) is 0 Å². The lowest BCUT2D eigenvalue weighted by Gasteiger charge is -2.13. The number of amides is 1. The van der Waals surface area contributed by atoms with Crippen molar-refractivity contribution in [2.24, 2.45) is 5.92 Å². The molecule has 0 saturated heterocycles. The number of carbonyl (C=O) groups excluding carboxylic acids is 1. The van der Waals surface area contributed by atoms with E-state index in [9.17, 15) is 14.3 Å². The zero-order valence-corrected chi connectivity index (χ0v) is 12.7. The van der Waals surface area contributed by atoms with Crippen LogP contribution in [-0.4, -0.2) is 33.4 Å². The van der Waals surface area contributed by atoms with Crippen molar-refractivity contribution in [2.45, 2.75) is 26.4 Å². The minimum atomic E-state index is -0.390. The molecule has 6 heteroatoms. The van der Waals surface area contributed by atoms with Crippen LogP contribution >= 0.6 is 0 Å². The van der Waals surface area contributed by atoms with Crippen LogP contribution < -0.4 is 5.32 Å². The van der Waals surface area contributed by atoms with Crippen LogP contribution in [0.2, 0.25) is 0 Å². The molecule has 1 aromatic heterocycles. The number of nitrogens with zero attached hydrogens (tertiary/aromatic N) is 2. The number of aliphatic hydroxyl groups excluding tert-OH is 1. The Morgan fingerprint density at radius 2 is 2.18 bits per heavy atom. The van der Waals surface area contributed by atoms with Crippen molar-refractivity contribution in [1.29, 1.82) is 0 Å². The van der Waals surface area contributed by atoms with Gasteiger partial charge in [-0.05, 0) is 43.5 Å². The molecule has 0 aliphatic carbocycles. The van der Waals surface area contributed by atoms with E-state index in [0.717, 1.165) is 0 Å². The van der Waals surface area contributed by atoms with Crippen LogP contribution in [0.25, 0.3) is 5.69 Å². The van der Waals surface area contributed by atoms with Crippen LogP contribution in [0.4, 0.5) is 4.39 Å². The summed E-state index contributed by atoms with van der Waals surface area (Å²) in [7, 11) is 0. The lowest BCUT2D eigenvalue weighted by atomic mass is 10.0. The standard InChI is InChI=1S/C16H20FN3O2/c1-11(8-12(2)21)10-18-16(22)15-6-7-20(19-15)14-5-3-4-13(17)9-14/h3-7,9,11-12,21H,8,10H2,1-2H3,(H,18,22). The molecule has 118 valence electrons. The van der Waals surface area contributed by atoms with Gasteiger partial charge in [0.05, 0.1) is 11.8 Å². The molecule has 2 atom stereocenters. The lowest BCUT2D eigenvalue weighted by molar-refractivity contribution is 0.0934. The van der Waals surface area contributed by atoms with Gasteiger partial charge in [-0.2, -0.15) is 5.10 Å². The van der Waals surface area contributed by atoms with Gasteiger partial charge in [0.1, 0.15) is 5.82 Å². The monoisotopic (exact) mass is 305 g/mol. The third-order valence-electron chi connectivity index (χ3n) is 3.25. The molecule has 22 heavy (non-hydrogen) atoms. The van der Waals surface area contributed by atoms with Gasteiger partial charge >= 0.3 is 0 Å². The van der Waals surface area contributed by atoms with E-state index in [1.165, 1.54) is 16.8 Å². The SMILES string of the molecule is CC(O)CC(C)CNC(=O)c1ccn(-c2cccc(F)c2)n1. The number of nitrogens with one attached hydrogen (secondary N) is 1. The summed E-state index contributed by atoms with van der Waals surface area (Å²) in [4.78, 5) is 12.0. The van der Waals surface area contributed by atoms with Crippen molar-refractivity contribution in [3.63, 3.8) is 0 Å². The summed E-state index contributed by atoms with van der Waals surface area (Å²) in [5.41, 5.74) is 0.829. The van der Waals surface area contributed by atoms with Gasteiger partial charge in [-0.3, -0.25) is 4.79 Å². The summed E-state index contributed by atoms with van der Waals surface area (Å²) in [5, 5.41) is 16.2. The first-order chi connectivity index (χ1) is 10.5. The fourth-order valence-electron chi connectivity index (χ4n) is 2.23. The number of hydrogen-bond donors (Lipinski definition) is 2. The van der Waals surface area contributed by atoms with Gasteiger partial charge in [-0.25, -0.2) is 9.07 Å². The fourth-order valence-corrected chi connectivity index (χ4v) is 2.23. The predicted octanol–water partition coefficient (Wildman–Crippen LogP) is 2.15. The molecule has 2 N–H and O–H groups in total. The topological polar surface area (TPSA) is 67.2 Å². The Balaban J connectivity index is 1.97. The normalized spacial score (nSPS) is 13.6. The zero-order chi connectivity index (χ0) is 16.1. The maximum absolute atomic E-state index is 13.2. The van der Waals surface area contributed by atoms with Crippen LogP contribution in [0, 0.1) is 11.7 Å². The van der Waals surface area contributed by atoms with E-state index in [0.29, 0.717) is 18.7 Å². The second-order valence-corrected chi connectivity index (χ2v) is 5.53. The molecule has 0 spiro atoms. The van der Waals surface area contributed by atoms with E-state index in [1.807, 2.05) is 6.92 Å². The highest BCUT2D eigenvalue weighted by molar-refractivity contribution is 5.92. The van der Waals surface area contributed by atoms with Crippen LogP contribution in [0.1, 0.15) is 30.8 Å². The third-order valence-corrected chi connectivity index (χ3v) is 3.25. The molecule has 5 nitrogen and oxygen atoms in total. The smallest absolute Gasteiger partial charge is 0.271 e. The van der Waals surface area contributed by atoms with Gasteiger partial charge in [0.25, 0.3) is 5.91 Å². The number of rotatable bonds is 6. The quantitative estimate of drug-likeness (QED) is 0.859. The van der Waals surface area contributed by atoms with Crippen molar-refractivity contribution in [3.8, 4) is 5.69 Å². The second kappa shape index (κ2) is 7.17. The van der Waals surface area contributed by atoms with Crippen molar-refractivity contribution < 1.29 is 14.3 Å². The van der Waals surface area contributed by atoms with Crippen LogP contribution in [-0.2, 0) is 0 Å². The molecule has 0 aliphatic rings. The molecular formula is C16H20FN3O2. The summed E-state index contributed by atoms with van der Waals surface area (Å²) in [6.07, 6.45) is 1.85. The third kappa shape index (κ3) is 4.39. The first-order valence-electron chi connectivity index (χ1n) is 7.23. The van der Waals surface area contributed by atoms with E-state index in [2.05, 4.69) is 10.4 Å². The number of halogens is 1. The maximum atomic E-state index is 13.2. The molecule has 1 aromatic carbocycles. The largest absolute Gasteiger partial charge is 0.393 e. The van der Waals surface area contributed by atoms with Crippen molar-refractivity contribution in [1.82, 2.24) is 15.1 Å². The van der Waals surface area contributed by atoms with Gasteiger partial charge < -0.3 is 10.4 Å². The maximum Gasteiger partial charge on any atom is 0.271 e. The first kappa shape index (κ1) is 16.2. The number of carbonyl (C=O) groups is 1. The van der Waals surface area contributed by atoms with Crippen molar-refractivity contribution >= 4 is 5.91 Å². The highest BCUT2D eigenvalue weighted by atomic mass is 19.1. The number of hydrogen-bond acceptors (Lipinski definition) is 3. The molecular weight excluding hydrogens is 285 g/mol. The first-order valence-corrected chi connectivity index (χ1v) is 7.23. The van der Waals surface area contributed by atoms with Gasteiger partial charge in [0, 0.05) is 12.7 Å². The Labute approximate surface area is 128 Å². The lowest BCUT2D eigenvalue weighted by Crippen LogP contribution is -2.29. The van der Waals surface area contributed by atoms with E-state index in [4.69, 9.17) is 0 Å². The van der Waals surface area contributed by atoms with Crippen molar-refractivity contribution in [2.75, 3.05) is 6.54 Å². The summed E-state index contributed by atoms with van der Waals surface area (Å²) < 4.78 is 14.6. The van der Waals surface area contributed by atoms with Crippen LogP contribution in [0.15, 0.2) is 36.5 Å². The number of aromatic nitrogens is 2. The summed E-state index contributed by atoms with van der Waals surface area (Å²) >= 11 is 0. The van der Waals surface area contributed by atoms with Gasteiger partial charge in [0.15, 0.2) is 5.69 Å². The number of benzene rings is 1. The highest BCUT2D eigenvalue weighted by Crippen LogP contribution is 2.10.